The summed E-state index contributed by atoms with van der Waals surface area (Å²) in [7, 11) is 0. The molecule has 0 aliphatic rings. The lowest BCUT2D eigenvalue weighted by molar-refractivity contribution is -0.137. The Morgan fingerprint density at radius 2 is 1.52 bits per heavy atom. The van der Waals surface area contributed by atoms with Crippen LogP contribution in [0.25, 0.3) is 11.3 Å². The van der Waals surface area contributed by atoms with E-state index < -0.39 is 23.7 Å². The first-order valence-corrected chi connectivity index (χ1v) is 8.06. The third kappa shape index (κ3) is 4.58. The average molecular weight is 371 g/mol. The molecule has 3 rings (SSSR count). The van der Waals surface area contributed by atoms with Gasteiger partial charge in [-0.25, -0.2) is 8.78 Å². The lowest BCUT2D eigenvalue weighted by Crippen LogP contribution is -2.30. The summed E-state index contributed by atoms with van der Waals surface area (Å²) in [6.07, 6.45) is -0.372. The summed E-state index contributed by atoms with van der Waals surface area (Å²) in [5.41, 5.74) is 1.05. The van der Waals surface area contributed by atoms with Crippen molar-refractivity contribution in [3.05, 3.63) is 83.6 Å². The minimum Gasteiger partial charge on any atom is -0.481 e. The fourth-order valence-electron chi connectivity index (χ4n) is 2.58. The normalized spacial score (nSPS) is 11.8. The van der Waals surface area contributed by atoms with Crippen LogP contribution in [0.4, 0.5) is 8.78 Å². The highest BCUT2D eigenvalue weighted by molar-refractivity contribution is 5.92. The van der Waals surface area contributed by atoms with Crippen molar-refractivity contribution in [2.45, 2.75) is 12.5 Å². The van der Waals surface area contributed by atoms with Gasteiger partial charge in [-0.3, -0.25) is 9.59 Å². The molecule has 0 saturated heterocycles. The number of carbonyl (C=O) groups is 2. The number of carbonyl (C=O) groups excluding carboxylic acids is 1. The number of halogens is 2. The van der Waals surface area contributed by atoms with E-state index in [1.165, 1.54) is 54.6 Å². The number of benzene rings is 2. The van der Waals surface area contributed by atoms with Gasteiger partial charge in [0.05, 0.1) is 12.5 Å². The van der Waals surface area contributed by atoms with E-state index in [4.69, 9.17) is 9.52 Å². The van der Waals surface area contributed by atoms with Gasteiger partial charge in [-0.2, -0.15) is 0 Å². The number of carboxylic acid groups (broad SMARTS) is 1. The summed E-state index contributed by atoms with van der Waals surface area (Å²) in [5, 5.41) is 11.7. The molecule has 27 heavy (non-hydrogen) atoms. The molecule has 0 radical (unpaired) electrons. The highest BCUT2D eigenvalue weighted by Crippen LogP contribution is 2.24. The van der Waals surface area contributed by atoms with E-state index in [1.807, 2.05) is 0 Å². The van der Waals surface area contributed by atoms with Crippen molar-refractivity contribution in [2.24, 2.45) is 0 Å². The number of amides is 1. The number of furan rings is 1. The molecule has 138 valence electrons. The number of aliphatic carboxylic acids is 1. The molecule has 7 heteroatoms. The van der Waals surface area contributed by atoms with Crippen LogP contribution in [0.3, 0.4) is 0 Å². The van der Waals surface area contributed by atoms with E-state index >= 15 is 0 Å². The Labute approximate surface area is 153 Å². The van der Waals surface area contributed by atoms with Crippen LogP contribution in [0, 0.1) is 11.6 Å². The molecule has 0 bridgehead atoms. The topological polar surface area (TPSA) is 79.5 Å². The fraction of sp³-hybridized carbons (Fsp3) is 0.100. The van der Waals surface area contributed by atoms with Crippen molar-refractivity contribution in [3.63, 3.8) is 0 Å². The number of hydrogen-bond donors (Lipinski definition) is 2. The van der Waals surface area contributed by atoms with Crippen molar-refractivity contribution in [2.75, 3.05) is 0 Å². The Kier molecular flexibility index (Phi) is 5.30. The number of carboxylic acids is 1. The maximum atomic E-state index is 13.1. The smallest absolute Gasteiger partial charge is 0.305 e. The first-order valence-electron chi connectivity index (χ1n) is 8.06. The predicted molar refractivity (Wildman–Crippen MR) is 93.0 cm³/mol. The zero-order chi connectivity index (χ0) is 19.4. The quantitative estimate of drug-likeness (QED) is 0.682. The third-order valence-electron chi connectivity index (χ3n) is 3.91. The molecule has 1 unspecified atom stereocenters. The van der Waals surface area contributed by atoms with Gasteiger partial charge in [0.25, 0.3) is 5.91 Å². The first kappa shape index (κ1) is 18.3. The Morgan fingerprint density at radius 3 is 2.11 bits per heavy atom. The molecule has 0 saturated carbocycles. The lowest BCUT2D eigenvalue weighted by atomic mass is 10.0. The zero-order valence-corrected chi connectivity index (χ0v) is 14.0. The zero-order valence-electron chi connectivity index (χ0n) is 14.0. The van der Waals surface area contributed by atoms with E-state index in [1.54, 1.807) is 6.07 Å². The maximum Gasteiger partial charge on any atom is 0.305 e. The second-order valence-corrected chi connectivity index (χ2v) is 5.85. The van der Waals surface area contributed by atoms with Crippen LogP contribution in [-0.2, 0) is 4.79 Å². The molecular formula is C20H15F2NO4. The molecule has 0 fully saturated rings. The largest absolute Gasteiger partial charge is 0.481 e. The summed E-state index contributed by atoms with van der Waals surface area (Å²) in [6.45, 7) is 0. The van der Waals surface area contributed by atoms with E-state index in [0.29, 0.717) is 16.9 Å². The van der Waals surface area contributed by atoms with Crippen LogP contribution < -0.4 is 5.32 Å². The lowest BCUT2D eigenvalue weighted by Gasteiger charge is -2.16. The van der Waals surface area contributed by atoms with Gasteiger partial charge in [-0.15, -0.1) is 0 Å². The Morgan fingerprint density at radius 1 is 0.926 bits per heavy atom. The predicted octanol–water partition coefficient (Wildman–Crippen LogP) is 4.17. The van der Waals surface area contributed by atoms with Crippen molar-refractivity contribution >= 4 is 11.9 Å². The molecule has 2 N–H and O–H groups in total. The molecule has 1 atom stereocenters. The van der Waals surface area contributed by atoms with Crippen molar-refractivity contribution < 1.29 is 27.9 Å². The van der Waals surface area contributed by atoms with Crippen LogP contribution in [0.5, 0.6) is 0 Å². The summed E-state index contributed by atoms with van der Waals surface area (Å²) in [6, 6.07) is 12.9. The molecule has 0 spiro atoms. The second kappa shape index (κ2) is 7.82. The number of nitrogens with one attached hydrogen (secondary N) is 1. The number of rotatable bonds is 6. The summed E-state index contributed by atoms with van der Waals surface area (Å²) in [5.74, 6) is -2.23. The van der Waals surface area contributed by atoms with Crippen LogP contribution in [0.2, 0.25) is 0 Å². The molecule has 1 amide bonds. The molecule has 1 heterocycles. The van der Waals surface area contributed by atoms with Gasteiger partial charge in [0.15, 0.2) is 5.76 Å². The fourth-order valence-corrected chi connectivity index (χ4v) is 2.58. The molecule has 5 nitrogen and oxygen atoms in total. The first-order chi connectivity index (χ1) is 12.9. The maximum absolute atomic E-state index is 13.1. The van der Waals surface area contributed by atoms with Crippen LogP contribution in [0.15, 0.2) is 65.1 Å². The van der Waals surface area contributed by atoms with Gasteiger partial charge in [0.2, 0.25) is 0 Å². The van der Waals surface area contributed by atoms with Gasteiger partial charge in [0, 0.05) is 5.56 Å². The van der Waals surface area contributed by atoms with Crippen molar-refractivity contribution in [1.82, 2.24) is 5.32 Å². The molecule has 3 aromatic rings. The summed E-state index contributed by atoms with van der Waals surface area (Å²) >= 11 is 0. The van der Waals surface area contributed by atoms with E-state index in [9.17, 15) is 18.4 Å². The average Bonchev–Trinajstić information content (AvgIpc) is 3.12. The van der Waals surface area contributed by atoms with Gasteiger partial charge >= 0.3 is 5.97 Å². The highest BCUT2D eigenvalue weighted by Gasteiger charge is 2.21. The molecule has 2 aromatic carbocycles. The van der Waals surface area contributed by atoms with Crippen molar-refractivity contribution in [3.8, 4) is 11.3 Å². The minimum absolute atomic E-state index is 0.0215. The molecular weight excluding hydrogens is 356 g/mol. The van der Waals surface area contributed by atoms with Crippen LogP contribution >= 0.6 is 0 Å². The highest BCUT2D eigenvalue weighted by atomic mass is 19.1. The minimum atomic E-state index is -1.11. The van der Waals surface area contributed by atoms with E-state index in [2.05, 4.69) is 5.32 Å². The van der Waals surface area contributed by atoms with Gasteiger partial charge in [0.1, 0.15) is 17.4 Å². The van der Waals surface area contributed by atoms with Gasteiger partial charge in [-0.1, -0.05) is 12.1 Å². The Balaban J connectivity index is 1.78. The summed E-state index contributed by atoms with van der Waals surface area (Å²) < 4.78 is 31.6. The number of hydrogen-bond acceptors (Lipinski definition) is 3. The van der Waals surface area contributed by atoms with Crippen molar-refractivity contribution in [1.29, 1.82) is 0 Å². The van der Waals surface area contributed by atoms with E-state index in [-0.39, 0.29) is 18.0 Å². The Hall–Kier alpha value is -3.48. The van der Waals surface area contributed by atoms with Crippen LogP contribution in [-0.4, -0.2) is 17.0 Å². The molecule has 0 aliphatic heterocycles. The van der Waals surface area contributed by atoms with E-state index in [0.717, 1.165) is 0 Å². The van der Waals surface area contributed by atoms with Gasteiger partial charge in [-0.05, 0) is 54.1 Å². The third-order valence-corrected chi connectivity index (χ3v) is 3.91. The SMILES string of the molecule is O=C(O)CC(NC(=O)c1ccc(-c2ccc(F)cc2)o1)c1ccc(F)cc1. The second-order valence-electron chi connectivity index (χ2n) is 5.85. The Bertz CT molecular complexity index is 949. The standard InChI is InChI=1S/C20H15F2NO4/c21-14-5-1-12(2-6-14)16(11-19(24)25)23-20(26)18-10-9-17(27-18)13-3-7-15(22)8-4-13/h1-10,16H,11H2,(H,23,26)(H,24,25). The summed E-state index contributed by atoms with van der Waals surface area (Å²) in [4.78, 5) is 23.5. The van der Waals surface area contributed by atoms with Crippen LogP contribution in [0.1, 0.15) is 28.6 Å². The monoisotopic (exact) mass is 371 g/mol. The molecule has 1 aromatic heterocycles. The molecule has 0 aliphatic carbocycles. The van der Waals surface area contributed by atoms with Gasteiger partial charge < -0.3 is 14.8 Å².